The molecule has 1 aromatic carbocycles. The van der Waals surface area contributed by atoms with E-state index in [2.05, 4.69) is 29.1 Å². The largest absolute Gasteiger partial charge is 0.497 e. The molecule has 0 radical (unpaired) electrons. The minimum atomic E-state index is 0.369. The first kappa shape index (κ1) is 13.5. The van der Waals surface area contributed by atoms with Crippen LogP contribution in [0.1, 0.15) is 12.8 Å². The number of fused-ring (bicyclic) bond motifs is 1. The van der Waals surface area contributed by atoms with Crippen molar-refractivity contribution < 1.29 is 4.74 Å². The number of halogens is 1. The van der Waals surface area contributed by atoms with Crippen molar-refractivity contribution in [1.29, 1.82) is 0 Å². The highest BCUT2D eigenvalue weighted by Crippen LogP contribution is 2.34. The van der Waals surface area contributed by atoms with E-state index in [4.69, 9.17) is 16.3 Å². The van der Waals surface area contributed by atoms with Gasteiger partial charge in [0.1, 0.15) is 11.6 Å². The van der Waals surface area contributed by atoms with Gasteiger partial charge in [0.2, 0.25) is 0 Å². The Balaban J connectivity index is 1.89. The second-order valence-electron chi connectivity index (χ2n) is 5.54. The van der Waals surface area contributed by atoms with Crippen molar-refractivity contribution in [3.8, 4) is 5.75 Å². The molecule has 106 valence electrons. The molecule has 3 rings (SSSR count). The fourth-order valence-electron chi connectivity index (χ4n) is 2.84. The number of alkyl halides is 1. The molecule has 1 aromatic heterocycles. The molecule has 3 nitrogen and oxygen atoms in total. The number of ether oxygens (including phenoxy) is 1. The zero-order chi connectivity index (χ0) is 14.1. The molecule has 0 amide bonds. The first-order valence-corrected chi connectivity index (χ1v) is 7.39. The molecule has 2 aromatic rings. The van der Waals surface area contributed by atoms with E-state index in [9.17, 15) is 0 Å². The highest BCUT2D eigenvalue weighted by molar-refractivity contribution is 6.21. The average Bonchev–Trinajstić information content (AvgIpc) is 2.44. The number of pyridine rings is 1. The summed E-state index contributed by atoms with van der Waals surface area (Å²) in [7, 11) is 3.79. The normalized spacial score (nSPS) is 21.6. The fraction of sp³-hybridized carbons (Fsp3) is 0.438. The number of aromatic nitrogens is 1. The van der Waals surface area contributed by atoms with Crippen molar-refractivity contribution in [3.63, 3.8) is 0 Å². The molecule has 1 heterocycles. The molecule has 1 aliphatic carbocycles. The first-order valence-electron chi connectivity index (χ1n) is 6.95. The highest BCUT2D eigenvalue weighted by atomic mass is 35.5. The fourth-order valence-corrected chi connectivity index (χ4v) is 3.34. The van der Waals surface area contributed by atoms with Gasteiger partial charge in [-0.25, -0.2) is 4.98 Å². The van der Waals surface area contributed by atoms with Crippen molar-refractivity contribution >= 4 is 28.2 Å². The van der Waals surface area contributed by atoms with Gasteiger partial charge in [-0.15, -0.1) is 11.6 Å². The molecule has 1 saturated carbocycles. The Bertz CT molecular complexity index is 610. The summed E-state index contributed by atoms with van der Waals surface area (Å²) in [6.45, 7) is 1.01. The monoisotopic (exact) mass is 290 g/mol. The summed E-state index contributed by atoms with van der Waals surface area (Å²) >= 11 is 6.06. The van der Waals surface area contributed by atoms with Crippen LogP contribution in [-0.2, 0) is 0 Å². The van der Waals surface area contributed by atoms with Gasteiger partial charge in [-0.2, -0.15) is 0 Å². The summed E-state index contributed by atoms with van der Waals surface area (Å²) in [4.78, 5) is 6.78. The van der Waals surface area contributed by atoms with Crippen LogP contribution in [0, 0.1) is 5.92 Å². The minimum absolute atomic E-state index is 0.369. The van der Waals surface area contributed by atoms with Crippen LogP contribution >= 0.6 is 11.6 Å². The molecule has 1 fully saturated rings. The van der Waals surface area contributed by atoms with Crippen LogP contribution < -0.4 is 9.64 Å². The summed E-state index contributed by atoms with van der Waals surface area (Å²) in [5.41, 5.74) is 0. The maximum Gasteiger partial charge on any atom is 0.136 e. The van der Waals surface area contributed by atoms with Gasteiger partial charge in [0.25, 0.3) is 0 Å². The lowest BCUT2D eigenvalue weighted by atomic mass is 9.84. The first-order chi connectivity index (χ1) is 9.67. The van der Waals surface area contributed by atoms with E-state index in [0.29, 0.717) is 11.3 Å². The molecule has 20 heavy (non-hydrogen) atoms. The number of anilines is 1. The van der Waals surface area contributed by atoms with Gasteiger partial charge in [-0.05, 0) is 42.3 Å². The average molecular weight is 291 g/mol. The Morgan fingerprint density at radius 2 is 2.15 bits per heavy atom. The van der Waals surface area contributed by atoms with E-state index in [1.807, 2.05) is 18.3 Å². The molecule has 0 N–H and O–H groups in total. The predicted octanol–water partition coefficient (Wildman–Crippen LogP) is 3.70. The summed E-state index contributed by atoms with van der Waals surface area (Å²) < 4.78 is 5.32. The van der Waals surface area contributed by atoms with Crippen LogP contribution in [-0.4, -0.2) is 31.1 Å². The number of benzene rings is 1. The van der Waals surface area contributed by atoms with Crippen molar-refractivity contribution in [1.82, 2.24) is 4.98 Å². The molecule has 4 heteroatoms. The van der Waals surface area contributed by atoms with E-state index >= 15 is 0 Å². The van der Waals surface area contributed by atoms with Crippen LogP contribution in [0.25, 0.3) is 10.8 Å². The van der Waals surface area contributed by atoms with Gasteiger partial charge < -0.3 is 9.64 Å². The second kappa shape index (κ2) is 5.49. The second-order valence-corrected chi connectivity index (χ2v) is 6.15. The predicted molar refractivity (Wildman–Crippen MR) is 83.9 cm³/mol. The number of nitrogens with zero attached hydrogens (tertiary/aromatic N) is 2. The van der Waals surface area contributed by atoms with Gasteiger partial charge in [0.05, 0.1) is 7.11 Å². The Morgan fingerprint density at radius 3 is 2.85 bits per heavy atom. The van der Waals surface area contributed by atoms with Gasteiger partial charge in [0.15, 0.2) is 0 Å². The highest BCUT2D eigenvalue weighted by Gasteiger charge is 2.28. The Hall–Kier alpha value is -1.48. The number of methoxy groups -OCH3 is 1. The number of rotatable bonds is 4. The molecule has 0 saturated heterocycles. The third-order valence-electron chi connectivity index (χ3n) is 4.02. The van der Waals surface area contributed by atoms with Gasteiger partial charge >= 0.3 is 0 Å². The van der Waals surface area contributed by atoms with Crippen LogP contribution in [0.4, 0.5) is 5.82 Å². The molecule has 0 atom stereocenters. The van der Waals surface area contributed by atoms with Gasteiger partial charge in [0, 0.05) is 30.6 Å². The van der Waals surface area contributed by atoms with Gasteiger partial charge in [-0.3, -0.25) is 0 Å². The van der Waals surface area contributed by atoms with Crippen molar-refractivity contribution in [3.05, 3.63) is 30.5 Å². The summed E-state index contributed by atoms with van der Waals surface area (Å²) in [6.07, 6.45) is 4.09. The maximum absolute atomic E-state index is 6.06. The van der Waals surface area contributed by atoms with E-state index in [1.54, 1.807) is 7.11 Å². The van der Waals surface area contributed by atoms with E-state index < -0.39 is 0 Å². The molecule has 0 spiro atoms. The smallest absolute Gasteiger partial charge is 0.136 e. The lowest BCUT2D eigenvalue weighted by Crippen LogP contribution is -2.35. The van der Waals surface area contributed by atoms with Gasteiger partial charge in [-0.1, -0.05) is 6.07 Å². The zero-order valence-electron chi connectivity index (χ0n) is 11.8. The lowest BCUT2D eigenvalue weighted by Gasteiger charge is -2.34. The quantitative estimate of drug-likeness (QED) is 0.803. The zero-order valence-corrected chi connectivity index (χ0v) is 12.6. The van der Waals surface area contributed by atoms with Crippen molar-refractivity contribution in [2.24, 2.45) is 5.92 Å². The Morgan fingerprint density at radius 1 is 1.35 bits per heavy atom. The molecule has 0 aliphatic heterocycles. The standard InChI is InChI=1S/C16H19ClN2O/c1-19(10-11-7-13(17)8-11)16-15-9-14(20-2)4-3-12(15)5-6-18-16/h3-6,9,11,13H,7-8,10H2,1-2H3. The number of hydrogen-bond acceptors (Lipinski definition) is 3. The molecule has 0 bridgehead atoms. The summed E-state index contributed by atoms with van der Waals surface area (Å²) in [5, 5.41) is 2.69. The topological polar surface area (TPSA) is 25.4 Å². The third-order valence-corrected chi connectivity index (χ3v) is 4.38. The third kappa shape index (κ3) is 2.55. The molecular formula is C16H19ClN2O. The Kier molecular flexibility index (Phi) is 3.70. The molecule has 0 unspecified atom stereocenters. The van der Waals surface area contributed by atoms with E-state index in [-0.39, 0.29) is 0 Å². The summed E-state index contributed by atoms with van der Waals surface area (Å²) in [5.74, 6) is 2.56. The number of hydrogen-bond donors (Lipinski definition) is 0. The molecular weight excluding hydrogens is 272 g/mol. The van der Waals surface area contributed by atoms with Crippen LogP contribution in [0.5, 0.6) is 5.75 Å². The Labute approximate surface area is 124 Å². The SMILES string of the molecule is COc1ccc2ccnc(N(C)CC3CC(Cl)C3)c2c1. The van der Waals surface area contributed by atoms with E-state index in [1.165, 1.54) is 5.39 Å². The van der Waals surface area contributed by atoms with E-state index in [0.717, 1.165) is 36.3 Å². The molecule has 1 aliphatic rings. The maximum atomic E-state index is 6.06. The minimum Gasteiger partial charge on any atom is -0.497 e. The van der Waals surface area contributed by atoms with Crippen molar-refractivity contribution in [2.45, 2.75) is 18.2 Å². The lowest BCUT2D eigenvalue weighted by molar-refractivity contribution is 0.329. The van der Waals surface area contributed by atoms with Crippen LogP contribution in [0.3, 0.4) is 0 Å². The van der Waals surface area contributed by atoms with Crippen LogP contribution in [0.15, 0.2) is 30.5 Å². The summed E-state index contributed by atoms with van der Waals surface area (Å²) in [6, 6.07) is 8.14. The van der Waals surface area contributed by atoms with Crippen molar-refractivity contribution in [2.75, 3.05) is 25.6 Å². The van der Waals surface area contributed by atoms with Crippen LogP contribution in [0.2, 0.25) is 0 Å².